The average molecular weight is 213 g/mol. The number of hydrogen-bond acceptors (Lipinski definition) is 4. The van der Waals surface area contributed by atoms with E-state index < -0.39 is 5.97 Å². The Bertz CT molecular complexity index is 343. The molecule has 5 heteroatoms. The van der Waals surface area contributed by atoms with Gasteiger partial charge >= 0.3 is 5.97 Å². The number of oxazole rings is 1. The second kappa shape index (κ2) is 4.93. The summed E-state index contributed by atoms with van der Waals surface area (Å²) in [5.41, 5.74) is 0.494. The van der Waals surface area contributed by atoms with E-state index in [2.05, 4.69) is 4.98 Å². The van der Waals surface area contributed by atoms with Crippen molar-refractivity contribution in [1.82, 2.24) is 4.98 Å². The van der Waals surface area contributed by atoms with Gasteiger partial charge in [0.15, 0.2) is 5.89 Å². The van der Waals surface area contributed by atoms with Gasteiger partial charge in [0.05, 0.1) is 12.3 Å². The lowest BCUT2D eigenvalue weighted by molar-refractivity contribution is 0.0657. The SMILES string of the molecule is COCCc1nc(C(C)C)c(C(=O)O)o1. The van der Waals surface area contributed by atoms with E-state index in [9.17, 15) is 4.79 Å². The molecule has 0 saturated carbocycles. The molecule has 1 aromatic heterocycles. The number of aromatic nitrogens is 1. The number of hydrogen-bond donors (Lipinski definition) is 1. The van der Waals surface area contributed by atoms with Crippen LogP contribution in [0, 0.1) is 0 Å². The van der Waals surface area contributed by atoms with Crippen LogP contribution in [0.5, 0.6) is 0 Å². The third-order valence-corrected chi connectivity index (χ3v) is 1.96. The average Bonchev–Trinajstić information content (AvgIpc) is 2.58. The van der Waals surface area contributed by atoms with E-state index in [-0.39, 0.29) is 11.7 Å². The lowest BCUT2D eigenvalue weighted by atomic mass is 10.1. The first kappa shape index (κ1) is 11.7. The van der Waals surface area contributed by atoms with Crippen LogP contribution in [0.1, 0.15) is 41.9 Å². The molecule has 0 unspecified atom stereocenters. The zero-order valence-corrected chi connectivity index (χ0v) is 9.11. The number of carboxylic acids is 1. The quantitative estimate of drug-likeness (QED) is 0.805. The van der Waals surface area contributed by atoms with Crippen molar-refractivity contribution in [3.8, 4) is 0 Å². The highest BCUT2D eigenvalue weighted by Gasteiger charge is 2.21. The molecule has 1 N–H and O–H groups in total. The normalized spacial score (nSPS) is 10.9. The fourth-order valence-electron chi connectivity index (χ4n) is 1.22. The van der Waals surface area contributed by atoms with Gasteiger partial charge in [0.2, 0.25) is 5.76 Å². The number of aromatic carboxylic acids is 1. The van der Waals surface area contributed by atoms with Crippen molar-refractivity contribution in [3.63, 3.8) is 0 Å². The highest BCUT2D eigenvalue weighted by Crippen LogP contribution is 2.20. The minimum absolute atomic E-state index is 0.0381. The van der Waals surface area contributed by atoms with Crippen molar-refractivity contribution in [2.24, 2.45) is 0 Å². The third kappa shape index (κ3) is 2.79. The summed E-state index contributed by atoms with van der Waals surface area (Å²) >= 11 is 0. The predicted molar refractivity (Wildman–Crippen MR) is 53.1 cm³/mol. The van der Waals surface area contributed by atoms with Gasteiger partial charge in [0.1, 0.15) is 0 Å². The van der Waals surface area contributed by atoms with Crippen LogP contribution in [-0.2, 0) is 11.2 Å². The Balaban J connectivity index is 2.93. The van der Waals surface area contributed by atoms with Gasteiger partial charge in [-0.25, -0.2) is 9.78 Å². The minimum Gasteiger partial charge on any atom is -0.475 e. The summed E-state index contributed by atoms with van der Waals surface area (Å²) in [6.07, 6.45) is 0.490. The lowest BCUT2D eigenvalue weighted by Gasteiger charge is -1.98. The van der Waals surface area contributed by atoms with Crippen molar-refractivity contribution < 1.29 is 19.1 Å². The topological polar surface area (TPSA) is 72.6 Å². The molecule has 0 radical (unpaired) electrons. The van der Waals surface area contributed by atoms with E-state index in [0.29, 0.717) is 24.6 Å². The minimum atomic E-state index is -1.07. The van der Waals surface area contributed by atoms with E-state index >= 15 is 0 Å². The van der Waals surface area contributed by atoms with Crippen LogP contribution >= 0.6 is 0 Å². The number of methoxy groups -OCH3 is 1. The molecule has 0 saturated heterocycles. The van der Waals surface area contributed by atoms with Crippen LogP contribution in [0.3, 0.4) is 0 Å². The zero-order valence-electron chi connectivity index (χ0n) is 9.11. The molecule has 15 heavy (non-hydrogen) atoms. The molecule has 0 fully saturated rings. The van der Waals surface area contributed by atoms with Gasteiger partial charge in [-0.05, 0) is 5.92 Å². The fourth-order valence-corrected chi connectivity index (χ4v) is 1.22. The summed E-state index contributed by atoms with van der Waals surface area (Å²) in [4.78, 5) is 15.0. The molecule has 0 amide bonds. The maximum absolute atomic E-state index is 10.8. The largest absolute Gasteiger partial charge is 0.475 e. The Hall–Kier alpha value is -1.36. The number of rotatable bonds is 5. The van der Waals surface area contributed by atoms with Crippen LogP contribution in [0.2, 0.25) is 0 Å². The molecule has 0 aliphatic rings. The molecule has 1 rings (SSSR count). The predicted octanol–water partition coefficient (Wildman–Crippen LogP) is 1.69. The number of carbonyl (C=O) groups is 1. The van der Waals surface area contributed by atoms with Crippen LogP contribution in [0.4, 0.5) is 0 Å². The van der Waals surface area contributed by atoms with Crippen molar-refractivity contribution in [1.29, 1.82) is 0 Å². The molecule has 1 heterocycles. The Morgan fingerprint density at radius 1 is 1.60 bits per heavy atom. The smallest absolute Gasteiger partial charge is 0.373 e. The van der Waals surface area contributed by atoms with Crippen molar-refractivity contribution >= 4 is 5.97 Å². The fraction of sp³-hybridized carbons (Fsp3) is 0.600. The molecule has 1 aromatic rings. The van der Waals surface area contributed by atoms with E-state index in [4.69, 9.17) is 14.3 Å². The molecule has 0 bridgehead atoms. The van der Waals surface area contributed by atoms with Crippen LogP contribution < -0.4 is 0 Å². The van der Waals surface area contributed by atoms with E-state index in [1.54, 1.807) is 7.11 Å². The van der Waals surface area contributed by atoms with Crippen molar-refractivity contribution in [3.05, 3.63) is 17.3 Å². The molecule has 5 nitrogen and oxygen atoms in total. The molecule has 0 aliphatic carbocycles. The van der Waals surface area contributed by atoms with E-state index in [1.807, 2.05) is 13.8 Å². The molecule has 0 spiro atoms. The Morgan fingerprint density at radius 3 is 2.67 bits per heavy atom. The highest BCUT2D eigenvalue weighted by atomic mass is 16.5. The number of carboxylic acid groups (broad SMARTS) is 1. The molecule has 0 atom stereocenters. The first-order chi connectivity index (χ1) is 7.06. The summed E-state index contributed by atoms with van der Waals surface area (Å²) < 4.78 is 10.0. The summed E-state index contributed by atoms with van der Waals surface area (Å²) in [5, 5.41) is 8.89. The maximum Gasteiger partial charge on any atom is 0.373 e. The first-order valence-electron chi connectivity index (χ1n) is 4.78. The molecule has 0 aromatic carbocycles. The third-order valence-electron chi connectivity index (χ3n) is 1.96. The van der Waals surface area contributed by atoms with Gasteiger partial charge in [-0.3, -0.25) is 0 Å². The van der Waals surface area contributed by atoms with Gasteiger partial charge in [0, 0.05) is 13.5 Å². The second-order valence-electron chi connectivity index (χ2n) is 3.52. The monoisotopic (exact) mass is 213 g/mol. The number of nitrogens with zero attached hydrogens (tertiary/aromatic N) is 1. The second-order valence-corrected chi connectivity index (χ2v) is 3.52. The first-order valence-corrected chi connectivity index (χ1v) is 4.78. The molecule has 0 aliphatic heterocycles. The Morgan fingerprint density at radius 2 is 2.27 bits per heavy atom. The molecular weight excluding hydrogens is 198 g/mol. The molecular formula is C10H15NO4. The lowest BCUT2D eigenvalue weighted by Crippen LogP contribution is -2.01. The summed E-state index contributed by atoms with van der Waals surface area (Å²) in [5.74, 6) is -0.680. The van der Waals surface area contributed by atoms with E-state index in [0.717, 1.165) is 0 Å². The van der Waals surface area contributed by atoms with Crippen LogP contribution in [0.25, 0.3) is 0 Å². The highest BCUT2D eigenvalue weighted by molar-refractivity contribution is 5.85. The maximum atomic E-state index is 10.8. The summed E-state index contributed by atoms with van der Waals surface area (Å²) in [6.45, 7) is 4.23. The van der Waals surface area contributed by atoms with Gasteiger partial charge in [0.25, 0.3) is 0 Å². The Labute approximate surface area is 88.1 Å². The standard InChI is InChI=1S/C10H15NO4/c1-6(2)8-9(10(12)13)15-7(11-8)4-5-14-3/h6H,4-5H2,1-3H3,(H,12,13). The van der Waals surface area contributed by atoms with Gasteiger partial charge in [-0.2, -0.15) is 0 Å². The summed E-state index contributed by atoms with van der Waals surface area (Å²) in [6, 6.07) is 0. The van der Waals surface area contributed by atoms with Gasteiger partial charge in [-0.1, -0.05) is 13.8 Å². The van der Waals surface area contributed by atoms with Gasteiger partial charge in [-0.15, -0.1) is 0 Å². The van der Waals surface area contributed by atoms with Gasteiger partial charge < -0.3 is 14.3 Å². The van der Waals surface area contributed by atoms with E-state index in [1.165, 1.54) is 0 Å². The molecule has 84 valence electrons. The van der Waals surface area contributed by atoms with Crippen LogP contribution in [-0.4, -0.2) is 29.8 Å². The van der Waals surface area contributed by atoms with Crippen molar-refractivity contribution in [2.45, 2.75) is 26.2 Å². The summed E-state index contributed by atoms with van der Waals surface area (Å²) in [7, 11) is 1.57. The number of ether oxygens (including phenoxy) is 1. The zero-order chi connectivity index (χ0) is 11.4. The van der Waals surface area contributed by atoms with Crippen molar-refractivity contribution in [2.75, 3.05) is 13.7 Å². The Kier molecular flexibility index (Phi) is 3.85. The van der Waals surface area contributed by atoms with Crippen LogP contribution in [0.15, 0.2) is 4.42 Å².